The van der Waals surface area contributed by atoms with Gasteiger partial charge in [0, 0.05) is 25.2 Å². The predicted octanol–water partition coefficient (Wildman–Crippen LogP) is 1.07. The molecule has 1 aromatic carbocycles. The summed E-state index contributed by atoms with van der Waals surface area (Å²) in [5.74, 6) is 0.772. The number of rotatable bonds is 6. The number of carbonyl (C=O) groups excluding carboxylic acids is 1. The highest BCUT2D eigenvalue weighted by molar-refractivity contribution is 5.79. The second-order valence-electron chi connectivity index (χ2n) is 5.38. The second kappa shape index (κ2) is 8.00. The lowest BCUT2D eigenvalue weighted by Crippen LogP contribution is -2.41. The Labute approximate surface area is 126 Å². The fourth-order valence-corrected chi connectivity index (χ4v) is 2.50. The summed E-state index contributed by atoms with van der Waals surface area (Å²) in [6.07, 6.45) is 1.41. The van der Waals surface area contributed by atoms with Crippen LogP contribution in [0.15, 0.2) is 24.3 Å². The van der Waals surface area contributed by atoms with Crippen LogP contribution in [0.4, 0.5) is 0 Å². The fourth-order valence-electron chi connectivity index (χ4n) is 2.50. The molecular formula is C16H24N2O3. The fraction of sp³-hybridized carbons (Fsp3) is 0.562. The lowest BCUT2D eigenvalue weighted by atomic mass is 10.1. The minimum atomic E-state index is 0.0173. The van der Waals surface area contributed by atoms with E-state index < -0.39 is 0 Å². The topological polar surface area (TPSA) is 50.8 Å². The van der Waals surface area contributed by atoms with Crippen molar-refractivity contribution in [2.45, 2.75) is 18.9 Å². The molecule has 0 spiro atoms. The van der Waals surface area contributed by atoms with Crippen LogP contribution < -0.4 is 10.1 Å². The quantitative estimate of drug-likeness (QED) is 0.852. The van der Waals surface area contributed by atoms with Crippen molar-refractivity contribution >= 4 is 5.91 Å². The molecule has 1 saturated heterocycles. The molecule has 0 bridgehead atoms. The van der Waals surface area contributed by atoms with Crippen molar-refractivity contribution in [2.75, 3.05) is 40.4 Å². The molecule has 116 valence electrons. The Balaban J connectivity index is 1.72. The smallest absolute Gasteiger partial charge is 0.224 e. The Bertz CT molecular complexity index is 465. The highest BCUT2D eigenvalue weighted by atomic mass is 16.5. The van der Waals surface area contributed by atoms with Gasteiger partial charge < -0.3 is 19.7 Å². The van der Waals surface area contributed by atoms with Crippen molar-refractivity contribution in [1.29, 1.82) is 0 Å². The number of para-hydroxylation sites is 1. The summed E-state index contributed by atoms with van der Waals surface area (Å²) in [4.78, 5) is 14.2. The van der Waals surface area contributed by atoms with E-state index in [1.807, 2.05) is 24.3 Å². The van der Waals surface area contributed by atoms with E-state index >= 15 is 0 Å². The molecule has 1 heterocycles. The van der Waals surface area contributed by atoms with Crippen molar-refractivity contribution in [3.63, 3.8) is 0 Å². The molecule has 0 aromatic heterocycles. The number of nitrogens with zero attached hydrogens (tertiary/aromatic N) is 1. The third-order valence-electron chi connectivity index (χ3n) is 3.67. The van der Waals surface area contributed by atoms with Crippen LogP contribution in [0.2, 0.25) is 0 Å². The summed E-state index contributed by atoms with van der Waals surface area (Å²) < 4.78 is 10.9. The van der Waals surface area contributed by atoms with E-state index in [9.17, 15) is 4.79 Å². The molecule has 1 amide bonds. The summed E-state index contributed by atoms with van der Waals surface area (Å²) in [5.41, 5.74) is 0.908. The maximum absolute atomic E-state index is 12.0. The van der Waals surface area contributed by atoms with Crippen molar-refractivity contribution in [3.8, 4) is 5.75 Å². The van der Waals surface area contributed by atoms with Gasteiger partial charge in [-0.1, -0.05) is 18.2 Å². The Kier molecular flexibility index (Phi) is 6.02. The summed E-state index contributed by atoms with van der Waals surface area (Å²) in [5, 5.41) is 2.95. The number of ether oxygens (including phenoxy) is 2. The zero-order chi connectivity index (χ0) is 15.1. The number of amides is 1. The Morgan fingerprint density at radius 3 is 3.05 bits per heavy atom. The Hall–Kier alpha value is -1.59. The molecule has 1 N–H and O–H groups in total. The second-order valence-corrected chi connectivity index (χ2v) is 5.38. The minimum Gasteiger partial charge on any atom is -0.496 e. The van der Waals surface area contributed by atoms with Gasteiger partial charge >= 0.3 is 0 Å². The third-order valence-corrected chi connectivity index (χ3v) is 3.67. The lowest BCUT2D eigenvalue weighted by molar-refractivity contribution is -0.120. The van der Waals surface area contributed by atoms with Crippen molar-refractivity contribution in [2.24, 2.45) is 0 Å². The van der Waals surface area contributed by atoms with Gasteiger partial charge in [-0.3, -0.25) is 4.79 Å². The van der Waals surface area contributed by atoms with Crippen molar-refractivity contribution in [3.05, 3.63) is 29.8 Å². The lowest BCUT2D eigenvalue weighted by Gasteiger charge is -2.30. The molecule has 1 aliphatic heterocycles. The number of morpholine rings is 1. The van der Waals surface area contributed by atoms with Crippen molar-refractivity contribution < 1.29 is 14.3 Å². The van der Waals surface area contributed by atoms with E-state index in [0.29, 0.717) is 13.0 Å². The van der Waals surface area contributed by atoms with Crippen LogP contribution in [0.5, 0.6) is 5.75 Å². The first-order chi connectivity index (χ1) is 10.2. The van der Waals surface area contributed by atoms with Crippen LogP contribution in [0.1, 0.15) is 12.0 Å². The summed E-state index contributed by atoms with van der Waals surface area (Å²) >= 11 is 0. The number of hydrogen-bond donors (Lipinski definition) is 1. The molecule has 1 aromatic rings. The first kappa shape index (κ1) is 15.8. The van der Waals surface area contributed by atoms with E-state index in [0.717, 1.165) is 37.4 Å². The van der Waals surface area contributed by atoms with Gasteiger partial charge in [0.1, 0.15) is 5.75 Å². The highest BCUT2D eigenvalue weighted by Gasteiger charge is 2.17. The van der Waals surface area contributed by atoms with E-state index in [-0.39, 0.29) is 12.0 Å². The first-order valence-corrected chi connectivity index (χ1v) is 7.38. The Morgan fingerprint density at radius 2 is 2.29 bits per heavy atom. The first-order valence-electron chi connectivity index (χ1n) is 7.38. The molecule has 1 unspecified atom stereocenters. The largest absolute Gasteiger partial charge is 0.496 e. The van der Waals surface area contributed by atoms with Gasteiger partial charge in [-0.05, 0) is 19.5 Å². The molecule has 2 rings (SSSR count). The van der Waals surface area contributed by atoms with Crippen LogP contribution in [-0.2, 0) is 16.0 Å². The van der Waals surface area contributed by atoms with E-state index in [1.54, 1.807) is 7.11 Å². The van der Waals surface area contributed by atoms with Crippen LogP contribution in [0, 0.1) is 0 Å². The zero-order valence-corrected chi connectivity index (χ0v) is 12.8. The molecule has 0 radical (unpaired) electrons. The highest BCUT2D eigenvalue weighted by Crippen LogP contribution is 2.17. The summed E-state index contributed by atoms with van der Waals surface area (Å²) in [6.45, 7) is 3.34. The van der Waals surface area contributed by atoms with Crippen LogP contribution >= 0.6 is 0 Å². The normalized spacial score (nSPS) is 19.2. The third kappa shape index (κ3) is 5.02. The predicted molar refractivity (Wildman–Crippen MR) is 81.6 cm³/mol. The van der Waals surface area contributed by atoms with Crippen molar-refractivity contribution in [1.82, 2.24) is 10.2 Å². The summed E-state index contributed by atoms with van der Waals surface area (Å²) in [6, 6.07) is 7.60. The molecule has 1 atom stereocenters. The molecule has 5 heteroatoms. The number of methoxy groups -OCH3 is 1. The van der Waals surface area contributed by atoms with Gasteiger partial charge in [-0.2, -0.15) is 0 Å². The van der Waals surface area contributed by atoms with Gasteiger partial charge in [0.05, 0.1) is 26.2 Å². The van der Waals surface area contributed by atoms with Gasteiger partial charge in [0.15, 0.2) is 0 Å². The van der Waals surface area contributed by atoms with E-state index in [4.69, 9.17) is 9.47 Å². The molecule has 0 aliphatic carbocycles. The Morgan fingerprint density at radius 1 is 1.48 bits per heavy atom. The zero-order valence-electron chi connectivity index (χ0n) is 12.8. The van der Waals surface area contributed by atoms with Crippen LogP contribution in [-0.4, -0.2) is 57.3 Å². The number of hydrogen-bond acceptors (Lipinski definition) is 4. The number of nitrogens with one attached hydrogen (secondary N) is 1. The molecule has 1 fully saturated rings. The average Bonchev–Trinajstić information content (AvgIpc) is 2.48. The van der Waals surface area contributed by atoms with Crippen LogP contribution in [0.3, 0.4) is 0 Å². The average molecular weight is 292 g/mol. The maximum atomic E-state index is 12.0. The van der Waals surface area contributed by atoms with Gasteiger partial charge in [0.25, 0.3) is 0 Å². The molecular weight excluding hydrogens is 268 g/mol. The van der Waals surface area contributed by atoms with Gasteiger partial charge in [-0.15, -0.1) is 0 Å². The molecule has 0 saturated carbocycles. The maximum Gasteiger partial charge on any atom is 0.224 e. The number of carbonyl (C=O) groups is 1. The number of likely N-dealkylation sites (N-methyl/N-ethyl adjacent to an activating group) is 1. The molecule has 1 aliphatic rings. The molecule has 21 heavy (non-hydrogen) atoms. The standard InChI is InChI=1S/C16H24N2O3/c1-18-9-10-21-14(12-18)7-8-17-16(19)11-13-5-3-4-6-15(13)20-2/h3-6,14H,7-12H2,1-2H3,(H,17,19). The van der Waals surface area contributed by atoms with Gasteiger partial charge in [0.2, 0.25) is 5.91 Å². The minimum absolute atomic E-state index is 0.0173. The number of benzene rings is 1. The van der Waals surface area contributed by atoms with E-state index in [1.165, 1.54) is 0 Å². The monoisotopic (exact) mass is 292 g/mol. The SMILES string of the molecule is COc1ccccc1CC(=O)NCCC1CN(C)CCO1. The van der Waals surface area contributed by atoms with E-state index in [2.05, 4.69) is 17.3 Å². The van der Waals surface area contributed by atoms with Gasteiger partial charge in [-0.25, -0.2) is 0 Å². The molecule has 5 nitrogen and oxygen atoms in total. The summed E-state index contributed by atoms with van der Waals surface area (Å²) in [7, 11) is 3.71. The van der Waals surface area contributed by atoms with Crippen LogP contribution in [0.25, 0.3) is 0 Å².